The minimum absolute atomic E-state index is 0.155. The first-order valence-corrected chi connectivity index (χ1v) is 6.37. The monoisotopic (exact) mass is 345 g/mol. The number of nitrogens with two attached hydrogens (primary N) is 1. The summed E-state index contributed by atoms with van der Waals surface area (Å²) in [6.07, 6.45) is 1.48. The largest absolute Gasteiger partial charge is 0.383 e. The van der Waals surface area contributed by atoms with E-state index in [9.17, 15) is 0 Å². The van der Waals surface area contributed by atoms with Crippen molar-refractivity contribution < 1.29 is 4.74 Å². The second-order valence-electron chi connectivity index (χ2n) is 4.71. The zero-order valence-electron chi connectivity index (χ0n) is 9.35. The molecule has 90 valence electrons. The Morgan fingerprint density at radius 2 is 2.29 bits per heavy atom. The highest BCUT2D eigenvalue weighted by atomic mass is 127. The van der Waals surface area contributed by atoms with E-state index in [0.717, 1.165) is 34.5 Å². The fraction of sp³-hybridized carbons (Fsp3) is 0.500. The van der Waals surface area contributed by atoms with Crippen LogP contribution in [0.4, 0.5) is 5.82 Å². The minimum Gasteiger partial charge on any atom is -0.383 e. The fourth-order valence-corrected chi connectivity index (χ4v) is 2.78. The van der Waals surface area contributed by atoms with E-state index in [1.54, 1.807) is 0 Å². The van der Waals surface area contributed by atoms with Gasteiger partial charge in [-0.25, -0.2) is 14.6 Å². The van der Waals surface area contributed by atoms with E-state index in [4.69, 9.17) is 10.5 Å². The first kappa shape index (κ1) is 11.1. The highest BCUT2D eigenvalue weighted by Gasteiger charge is 2.35. The van der Waals surface area contributed by atoms with Crippen molar-refractivity contribution in [3.8, 4) is 0 Å². The SMILES string of the molecule is CC1(Cn2nc(I)c3c(N)ncnc32)COC1. The van der Waals surface area contributed by atoms with E-state index in [1.807, 2.05) is 4.68 Å². The molecule has 2 aromatic heterocycles. The number of hydrogen-bond donors (Lipinski definition) is 1. The summed E-state index contributed by atoms with van der Waals surface area (Å²) < 4.78 is 8.00. The summed E-state index contributed by atoms with van der Waals surface area (Å²) in [5.41, 5.74) is 6.80. The van der Waals surface area contributed by atoms with Crippen molar-refractivity contribution in [2.45, 2.75) is 13.5 Å². The Kier molecular flexibility index (Phi) is 2.47. The van der Waals surface area contributed by atoms with Crippen molar-refractivity contribution in [1.29, 1.82) is 0 Å². The number of anilines is 1. The molecule has 17 heavy (non-hydrogen) atoms. The van der Waals surface area contributed by atoms with E-state index in [2.05, 4.69) is 44.6 Å². The molecule has 0 aromatic carbocycles. The molecule has 7 heteroatoms. The molecule has 1 saturated heterocycles. The molecule has 0 unspecified atom stereocenters. The van der Waals surface area contributed by atoms with E-state index in [-0.39, 0.29) is 5.41 Å². The van der Waals surface area contributed by atoms with Crippen LogP contribution < -0.4 is 5.73 Å². The first-order valence-electron chi connectivity index (χ1n) is 5.29. The van der Waals surface area contributed by atoms with Gasteiger partial charge in [-0.15, -0.1) is 0 Å². The number of halogens is 1. The average molecular weight is 345 g/mol. The van der Waals surface area contributed by atoms with Crippen molar-refractivity contribution in [2.75, 3.05) is 18.9 Å². The normalized spacial score (nSPS) is 18.2. The van der Waals surface area contributed by atoms with Gasteiger partial charge in [-0.2, -0.15) is 5.10 Å². The molecule has 0 spiro atoms. The molecular weight excluding hydrogens is 333 g/mol. The lowest BCUT2D eigenvalue weighted by Gasteiger charge is -2.37. The van der Waals surface area contributed by atoms with Gasteiger partial charge in [0.15, 0.2) is 5.65 Å². The van der Waals surface area contributed by atoms with E-state index in [1.165, 1.54) is 6.33 Å². The average Bonchev–Trinajstić information content (AvgIpc) is 2.55. The number of ether oxygens (including phenoxy) is 1. The van der Waals surface area contributed by atoms with Crippen molar-refractivity contribution >= 4 is 39.4 Å². The Labute approximate surface area is 112 Å². The molecule has 1 aliphatic heterocycles. The first-order chi connectivity index (χ1) is 8.09. The van der Waals surface area contributed by atoms with E-state index < -0.39 is 0 Å². The van der Waals surface area contributed by atoms with Gasteiger partial charge in [-0.1, -0.05) is 6.92 Å². The van der Waals surface area contributed by atoms with Gasteiger partial charge in [0.05, 0.1) is 25.1 Å². The van der Waals surface area contributed by atoms with Gasteiger partial charge in [0.1, 0.15) is 15.8 Å². The number of rotatable bonds is 2. The zero-order valence-corrected chi connectivity index (χ0v) is 11.5. The van der Waals surface area contributed by atoms with Gasteiger partial charge >= 0.3 is 0 Å². The van der Waals surface area contributed by atoms with Crippen LogP contribution in [0.1, 0.15) is 6.92 Å². The molecule has 1 aliphatic rings. The van der Waals surface area contributed by atoms with Crippen LogP contribution in [0.5, 0.6) is 0 Å². The number of fused-ring (bicyclic) bond motifs is 1. The Balaban J connectivity index is 2.08. The summed E-state index contributed by atoms with van der Waals surface area (Å²) in [6, 6.07) is 0. The number of nitrogen functional groups attached to an aromatic ring is 1. The Morgan fingerprint density at radius 1 is 1.53 bits per heavy atom. The Bertz CT molecular complexity index is 577. The van der Waals surface area contributed by atoms with Crippen LogP contribution in [0.3, 0.4) is 0 Å². The third kappa shape index (κ3) is 1.77. The molecule has 2 aromatic rings. The fourth-order valence-electron chi connectivity index (χ4n) is 2.00. The molecule has 0 saturated carbocycles. The lowest BCUT2D eigenvalue weighted by atomic mass is 9.89. The summed E-state index contributed by atoms with van der Waals surface area (Å²) in [4.78, 5) is 8.27. The third-order valence-corrected chi connectivity index (χ3v) is 3.70. The zero-order chi connectivity index (χ0) is 12.0. The molecule has 6 nitrogen and oxygen atoms in total. The van der Waals surface area contributed by atoms with Crippen LogP contribution in [0.2, 0.25) is 0 Å². The molecule has 0 aliphatic carbocycles. The number of nitrogens with zero attached hydrogens (tertiary/aromatic N) is 4. The van der Waals surface area contributed by atoms with Gasteiger partial charge in [-0.3, -0.25) is 0 Å². The van der Waals surface area contributed by atoms with Crippen molar-refractivity contribution in [2.24, 2.45) is 5.41 Å². The third-order valence-electron chi connectivity index (χ3n) is 2.95. The highest BCUT2D eigenvalue weighted by Crippen LogP contribution is 2.31. The second kappa shape index (κ2) is 3.77. The predicted molar refractivity (Wildman–Crippen MR) is 71.4 cm³/mol. The lowest BCUT2D eigenvalue weighted by Crippen LogP contribution is -2.43. The number of hydrogen-bond acceptors (Lipinski definition) is 5. The molecule has 0 atom stereocenters. The Hall–Kier alpha value is -0.960. The lowest BCUT2D eigenvalue weighted by molar-refractivity contribution is -0.111. The van der Waals surface area contributed by atoms with E-state index in [0.29, 0.717) is 5.82 Å². The van der Waals surface area contributed by atoms with Crippen LogP contribution in [-0.4, -0.2) is 33.0 Å². The maximum absolute atomic E-state index is 5.85. The Morgan fingerprint density at radius 3 is 2.94 bits per heavy atom. The number of aromatic nitrogens is 4. The molecule has 3 heterocycles. The quantitative estimate of drug-likeness (QED) is 0.824. The minimum atomic E-state index is 0.155. The van der Waals surface area contributed by atoms with Gasteiger partial charge in [0.25, 0.3) is 0 Å². The molecule has 0 amide bonds. The van der Waals surface area contributed by atoms with E-state index >= 15 is 0 Å². The van der Waals surface area contributed by atoms with Crippen LogP contribution >= 0.6 is 22.6 Å². The molecule has 2 N–H and O–H groups in total. The predicted octanol–water partition coefficient (Wildman–Crippen LogP) is 1.05. The standard InChI is InChI=1S/C10H12IN5O/c1-10(3-17-4-10)2-16-9-6(7(11)15-16)8(12)13-5-14-9/h5H,2-4H2,1H3,(H2,12,13,14). The molecule has 0 bridgehead atoms. The van der Waals surface area contributed by atoms with Gasteiger partial charge in [0.2, 0.25) is 0 Å². The summed E-state index contributed by atoms with van der Waals surface area (Å²) in [5, 5.41) is 5.33. The van der Waals surface area contributed by atoms with Crippen LogP contribution in [0.15, 0.2) is 6.33 Å². The maximum atomic E-state index is 5.85. The maximum Gasteiger partial charge on any atom is 0.164 e. The van der Waals surface area contributed by atoms with Gasteiger partial charge in [-0.05, 0) is 22.6 Å². The van der Waals surface area contributed by atoms with Gasteiger partial charge in [0, 0.05) is 5.41 Å². The summed E-state index contributed by atoms with van der Waals surface area (Å²) in [7, 11) is 0. The van der Waals surface area contributed by atoms with Crippen molar-refractivity contribution in [3.05, 3.63) is 10.0 Å². The smallest absolute Gasteiger partial charge is 0.164 e. The molecule has 1 fully saturated rings. The van der Waals surface area contributed by atoms with Crippen LogP contribution in [0, 0.1) is 9.12 Å². The molecule has 3 rings (SSSR count). The molecule has 0 radical (unpaired) electrons. The summed E-state index contributed by atoms with van der Waals surface area (Å²) in [6.45, 7) is 4.52. The van der Waals surface area contributed by atoms with Crippen molar-refractivity contribution in [1.82, 2.24) is 19.7 Å². The highest BCUT2D eigenvalue weighted by molar-refractivity contribution is 14.1. The van der Waals surface area contributed by atoms with Gasteiger partial charge < -0.3 is 10.5 Å². The van der Waals surface area contributed by atoms with Crippen molar-refractivity contribution in [3.63, 3.8) is 0 Å². The molecular formula is C10H12IN5O. The summed E-state index contributed by atoms with van der Waals surface area (Å²) >= 11 is 2.16. The van der Waals surface area contributed by atoms with Crippen LogP contribution in [0.25, 0.3) is 11.0 Å². The second-order valence-corrected chi connectivity index (χ2v) is 5.73. The summed E-state index contributed by atoms with van der Waals surface area (Å²) in [5.74, 6) is 0.487. The topological polar surface area (TPSA) is 78.9 Å². The van der Waals surface area contributed by atoms with Crippen LogP contribution in [-0.2, 0) is 11.3 Å².